The topological polar surface area (TPSA) is 74.0 Å². The summed E-state index contributed by atoms with van der Waals surface area (Å²) in [6.45, 7) is 1.81. The Morgan fingerprint density at radius 3 is 3.00 bits per heavy atom. The van der Waals surface area contributed by atoms with Gasteiger partial charge in [-0.3, -0.25) is 9.59 Å². The van der Waals surface area contributed by atoms with E-state index >= 15 is 0 Å². The van der Waals surface area contributed by atoms with E-state index in [0.29, 0.717) is 10.0 Å². The summed E-state index contributed by atoms with van der Waals surface area (Å²) in [5.74, 6) is -0.157. The number of rotatable bonds is 2. The number of aromatic amines is 1. The molecule has 0 spiro atoms. The standard InChI is InChI=1S/C11H14BrN3O2/c12-9-4-7(5-14-11(9)17)10(16)15-8-2-1-3-13-6-8/h4-5,8,13H,1-3,6H2,(H,14,17)(H,15,16). The van der Waals surface area contributed by atoms with Crippen LogP contribution in [-0.4, -0.2) is 30.0 Å². The van der Waals surface area contributed by atoms with Gasteiger partial charge in [-0.1, -0.05) is 0 Å². The molecule has 1 aromatic heterocycles. The molecule has 2 heterocycles. The van der Waals surface area contributed by atoms with E-state index in [2.05, 4.69) is 31.5 Å². The van der Waals surface area contributed by atoms with Gasteiger partial charge in [-0.2, -0.15) is 0 Å². The van der Waals surface area contributed by atoms with Crippen LogP contribution in [0.2, 0.25) is 0 Å². The zero-order valence-corrected chi connectivity index (χ0v) is 10.8. The number of hydrogen-bond acceptors (Lipinski definition) is 3. The Morgan fingerprint density at radius 2 is 2.35 bits per heavy atom. The first kappa shape index (κ1) is 12.3. The highest BCUT2D eigenvalue weighted by atomic mass is 79.9. The minimum atomic E-state index is -0.235. The summed E-state index contributed by atoms with van der Waals surface area (Å²) in [6.07, 6.45) is 3.49. The van der Waals surface area contributed by atoms with Crippen LogP contribution in [0.25, 0.3) is 0 Å². The van der Waals surface area contributed by atoms with Crippen molar-refractivity contribution >= 4 is 21.8 Å². The predicted octanol–water partition coefficient (Wildman–Crippen LogP) is 0.619. The quantitative estimate of drug-likeness (QED) is 0.749. The van der Waals surface area contributed by atoms with Crippen LogP contribution in [0.15, 0.2) is 21.5 Å². The Kier molecular flexibility index (Phi) is 3.96. The summed E-state index contributed by atoms with van der Waals surface area (Å²) in [7, 11) is 0. The second kappa shape index (κ2) is 5.46. The molecule has 0 radical (unpaired) electrons. The van der Waals surface area contributed by atoms with E-state index in [4.69, 9.17) is 0 Å². The molecule has 1 aliphatic heterocycles. The maximum atomic E-state index is 11.9. The molecule has 1 aliphatic rings. The molecule has 1 amide bonds. The van der Waals surface area contributed by atoms with Crippen LogP contribution in [0.1, 0.15) is 23.2 Å². The molecule has 1 fully saturated rings. The Balaban J connectivity index is 2.03. The normalized spacial score (nSPS) is 19.9. The molecule has 92 valence electrons. The van der Waals surface area contributed by atoms with Crippen LogP contribution in [0.3, 0.4) is 0 Å². The van der Waals surface area contributed by atoms with E-state index in [0.717, 1.165) is 25.9 Å². The second-order valence-corrected chi connectivity index (χ2v) is 4.94. The molecule has 3 N–H and O–H groups in total. The third-order valence-electron chi connectivity index (χ3n) is 2.75. The van der Waals surface area contributed by atoms with Crippen LogP contribution in [0.5, 0.6) is 0 Å². The van der Waals surface area contributed by atoms with Crippen molar-refractivity contribution in [2.45, 2.75) is 18.9 Å². The lowest BCUT2D eigenvalue weighted by molar-refractivity contribution is 0.0930. The fraction of sp³-hybridized carbons (Fsp3) is 0.455. The van der Waals surface area contributed by atoms with Gasteiger partial charge in [0.2, 0.25) is 0 Å². The van der Waals surface area contributed by atoms with Gasteiger partial charge in [0.05, 0.1) is 10.0 Å². The molecule has 0 bridgehead atoms. The Hall–Kier alpha value is -1.14. The van der Waals surface area contributed by atoms with Gasteiger partial charge in [-0.25, -0.2) is 0 Å². The number of H-pyrrole nitrogens is 1. The van der Waals surface area contributed by atoms with E-state index in [1.54, 1.807) is 0 Å². The van der Waals surface area contributed by atoms with Gasteiger partial charge < -0.3 is 15.6 Å². The van der Waals surface area contributed by atoms with Gasteiger partial charge in [-0.15, -0.1) is 0 Å². The lowest BCUT2D eigenvalue weighted by atomic mass is 10.1. The Morgan fingerprint density at radius 1 is 1.53 bits per heavy atom. The van der Waals surface area contributed by atoms with Gasteiger partial charge >= 0.3 is 0 Å². The lowest BCUT2D eigenvalue weighted by Gasteiger charge is -2.23. The first-order valence-corrected chi connectivity index (χ1v) is 6.36. The highest BCUT2D eigenvalue weighted by Crippen LogP contribution is 2.07. The Labute approximate surface area is 107 Å². The largest absolute Gasteiger partial charge is 0.348 e. The van der Waals surface area contributed by atoms with Crippen molar-refractivity contribution in [3.05, 3.63) is 32.7 Å². The van der Waals surface area contributed by atoms with Crippen molar-refractivity contribution in [2.24, 2.45) is 0 Å². The van der Waals surface area contributed by atoms with Crippen molar-refractivity contribution in [1.29, 1.82) is 0 Å². The van der Waals surface area contributed by atoms with Crippen molar-refractivity contribution < 1.29 is 4.79 Å². The predicted molar refractivity (Wildman–Crippen MR) is 68.1 cm³/mol. The van der Waals surface area contributed by atoms with Crippen molar-refractivity contribution in [2.75, 3.05) is 13.1 Å². The molecular formula is C11H14BrN3O2. The average Bonchev–Trinajstić information content (AvgIpc) is 2.34. The van der Waals surface area contributed by atoms with Crippen LogP contribution in [-0.2, 0) is 0 Å². The summed E-state index contributed by atoms with van der Waals surface area (Å²) < 4.78 is 0.368. The number of carbonyl (C=O) groups excluding carboxylic acids is 1. The summed E-state index contributed by atoms with van der Waals surface area (Å²) in [6, 6.07) is 1.70. The third-order valence-corrected chi connectivity index (χ3v) is 3.34. The molecule has 1 atom stereocenters. The molecule has 1 saturated heterocycles. The third kappa shape index (κ3) is 3.17. The average molecular weight is 300 g/mol. The maximum absolute atomic E-state index is 11.9. The number of aromatic nitrogens is 1. The van der Waals surface area contributed by atoms with E-state index in [9.17, 15) is 9.59 Å². The molecule has 17 heavy (non-hydrogen) atoms. The van der Waals surface area contributed by atoms with Crippen molar-refractivity contribution in [3.63, 3.8) is 0 Å². The summed E-state index contributed by atoms with van der Waals surface area (Å²) >= 11 is 3.10. The molecule has 0 aliphatic carbocycles. The van der Waals surface area contributed by atoms with Crippen LogP contribution < -0.4 is 16.2 Å². The molecular weight excluding hydrogens is 286 g/mol. The SMILES string of the molecule is O=C(NC1CCCNC1)c1c[nH]c(=O)c(Br)c1. The molecule has 6 heteroatoms. The fourth-order valence-electron chi connectivity index (χ4n) is 1.83. The zero-order chi connectivity index (χ0) is 12.3. The van der Waals surface area contributed by atoms with E-state index < -0.39 is 0 Å². The Bertz CT molecular complexity index is 466. The second-order valence-electron chi connectivity index (χ2n) is 4.08. The van der Waals surface area contributed by atoms with Gasteiger partial charge in [0, 0.05) is 18.8 Å². The fourth-order valence-corrected chi connectivity index (χ4v) is 2.19. The first-order valence-electron chi connectivity index (χ1n) is 5.56. The van der Waals surface area contributed by atoms with Gasteiger partial charge in [0.15, 0.2) is 0 Å². The van der Waals surface area contributed by atoms with Gasteiger partial charge in [0.1, 0.15) is 0 Å². The highest BCUT2D eigenvalue weighted by molar-refractivity contribution is 9.10. The number of carbonyl (C=O) groups is 1. The van der Waals surface area contributed by atoms with E-state index in [1.807, 2.05) is 0 Å². The zero-order valence-electron chi connectivity index (χ0n) is 9.25. The van der Waals surface area contributed by atoms with Gasteiger partial charge in [-0.05, 0) is 41.4 Å². The number of amides is 1. The highest BCUT2D eigenvalue weighted by Gasteiger charge is 2.16. The molecule has 1 aromatic rings. The minimum absolute atomic E-state index is 0.157. The summed E-state index contributed by atoms with van der Waals surface area (Å²) in [5.41, 5.74) is 0.225. The monoisotopic (exact) mass is 299 g/mol. The lowest BCUT2D eigenvalue weighted by Crippen LogP contribution is -2.45. The molecule has 5 nitrogen and oxygen atoms in total. The molecule has 0 saturated carbocycles. The van der Waals surface area contributed by atoms with Crippen LogP contribution >= 0.6 is 15.9 Å². The summed E-state index contributed by atoms with van der Waals surface area (Å²) in [5, 5.41) is 6.17. The van der Waals surface area contributed by atoms with E-state index in [1.165, 1.54) is 12.3 Å². The van der Waals surface area contributed by atoms with Crippen LogP contribution in [0, 0.1) is 0 Å². The number of nitrogens with one attached hydrogen (secondary N) is 3. The molecule has 2 rings (SSSR count). The van der Waals surface area contributed by atoms with Crippen molar-refractivity contribution in [1.82, 2.24) is 15.6 Å². The smallest absolute Gasteiger partial charge is 0.262 e. The number of pyridine rings is 1. The number of halogens is 1. The molecule has 1 unspecified atom stereocenters. The van der Waals surface area contributed by atoms with Crippen molar-refractivity contribution in [3.8, 4) is 0 Å². The van der Waals surface area contributed by atoms with Gasteiger partial charge in [0.25, 0.3) is 11.5 Å². The number of hydrogen-bond donors (Lipinski definition) is 3. The number of piperidine rings is 1. The maximum Gasteiger partial charge on any atom is 0.262 e. The first-order chi connectivity index (χ1) is 8.16. The van der Waals surface area contributed by atoms with Crippen LogP contribution in [0.4, 0.5) is 0 Å². The summed E-state index contributed by atoms with van der Waals surface area (Å²) in [4.78, 5) is 25.5. The van der Waals surface area contributed by atoms with E-state index in [-0.39, 0.29) is 17.5 Å². The molecule has 0 aromatic carbocycles. The minimum Gasteiger partial charge on any atom is -0.348 e.